The summed E-state index contributed by atoms with van der Waals surface area (Å²) in [7, 11) is 0. The van der Waals surface area contributed by atoms with Gasteiger partial charge in [-0.15, -0.1) is 0 Å². The van der Waals surface area contributed by atoms with Crippen molar-refractivity contribution in [3.05, 3.63) is 70.5 Å². The van der Waals surface area contributed by atoms with E-state index in [0.29, 0.717) is 10.6 Å². The summed E-state index contributed by atoms with van der Waals surface area (Å²) >= 11 is 6.22. The van der Waals surface area contributed by atoms with E-state index >= 15 is 0 Å². The fourth-order valence-electron chi connectivity index (χ4n) is 2.15. The van der Waals surface area contributed by atoms with Gasteiger partial charge in [0, 0.05) is 16.1 Å². The summed E-state index contributed by atoms with van der Waals surface area (Å²) in [5, 5.41) is 0.622. The minimum Gasteiger partial charge on any atom is -0.206 e. The molecule has 0 aliphatic carbocycles. The summed E-state index contributed by atoms with van der Waals surface area (Å²) in [4.78, 5) is 0. The van der Waals surface area contributed by atoms with Crippen LogP contribution >= 0.6 is 11.6 Å². The van der Waals surface area contributed by atoms with Crippen molar-refractivity contribution in [2.75, 3.05) is 0 Å². The second-order valence-corrected chi connectivity index (χ2v) is 4.85. The van der Waals surface area contributed by atoms with E-state index in [0.717, 1.165) is 16.7 Å². The van der Waals surface area contributed by atoms with E-state index in [-0.39, 0.29) is 5.82 Å². The zero-order chi connectivity index (χ0) is 14.5. The highest BCUT2D eigenvalue weighted by atomic mass is 35.5. The van der Waals surface area contributed by atoms with E-state index in [9.17, 15) is 4.39 Å². The fourth-order valence-corrected chi connectivity index (χ4v) is 2.39. The predicted octanol–water partition coefficient (Wildman–Crippen LogP) is 6.21. The van der Waals surface area contributed by atoms with Gasteiger partial charge in [0.05, 0.1) is 0 Å². The van der Waals surface area contributed by atoms with E-state index in [1.165, 1.54) is 6.07 Å². The minimum absolute atomic E-state index is 0.244. The van der Waals surface area contributed by atoms with Crippen molar-refractivity contribution >= 4 is 23.8 Å². The Balaban J connectivity index is 2.67. The molecule has 0 fully saturated rings. The molecule has 0 amide bonds. The van der Waals surface area contributed by atoms with E-state index in [1.54, 1.807) is 6.07 Å². The molecule has 2 rings (SSSR count). The maximum absolute atomic E-state index is 14.2. The Kier molecular flexibility index (Phi) is 4.75. The molecule has 0 bridgehead atoms. The molecule has 0 nitrogen and oxygen atoms in total. The topological polar surface area (TPSA) is 0 Å². The van der Waals surface area contributed by atoms with Crippen LogP contribution in [0, 0.1) is 5.82 Å². The average Bonchev–Trinajstić information content (AvgIpc) is 2.44. The van der Waals surface area contributed by atoms with Crippen LogP contribution < -0.4 is 0 Å². The molecule has 2 aromatic rings. The van der Waals surface area contributed by atoms with Gasteiger partial charge in [0.25, 0.3) is 0 Å². The molecule has 0 N–H and O–H groups in total. The molecule has 0 aromatic heterocycles. The van der Waals surface area contributed by atoms with Crippen molar-refractivity contribution in [1.29, 1.82) is 0 Å². The Bertz CT molecular complexity index is 669. The van der Waals surface area contributed by atoms with Gasteiger partial charge in [-0.2, -0.15) is 0 Å². The molecule has 2 heteroatoms. The van der Waals surface area contributed by atoms with E-state index in [4.69, 9.17) is 11.6 Å². The number of halogens is 2. The molecule has 0 aliphatic heterocycles. The van der Waals surface area contributed by atoms with Gasteiger partial charge in [0.15, 0.2) is 0 Å². The lowest BCUT2D eigenvalue weighted by atomic mass is 9.97. The first-order valence-electron chi connectivity index (χ1n) is 6.51. The first-order chi connectivity index (χ1) is 9.67. The van der Waals surface area contributed by atoms with Crippen LogP contribution in [0.2, 0.25) is 5.02 Å². The van der Waals surface area contributed by atoms with Crippen molar-refractivity contribution in [1.82, 2.24) is 0 Å². The lowest BCUT2D eigenvalue weighted by Gasteiger charge is -2.10. The normalized spacial score (nSPS) is 11.6. The van der Waals surface area contributed by atoms with Crippen LogP contribution in [-0.2, 0) is 0 Å². The average molecular weight is 287 g/mol. The van der Waals surface area contributed by atoms with Gasteiger partial charge in [0.1, 0.15) is 5.82 Å². The molecule has 20 heavy (non-hydrogen) atoms. The molecule has 0 spiro atoms. The third kappa shape index (κ3) is 3.00. The number of hydrogen-bond donors (Lipinski definition) is 0. The molecule has 0 heterocycles. The molecule has 0 unspecified atom stereocenters. The van der Waals surface area contributed by atoms with Crippen molar-refractivity contribution in [2.45, 2.75) is 13.8 Å². The first-order valence-corrected chi connectivity index (χ1v) is 6.89. The number of hydrogen-bond acceptors (Lipinski definition) is 0. The van der Waals surface area contributed by atoms with Crippen LogP contribution in [0.4, 0.5) is 4.39 Å². The van der Waals surface area contributed by atoms with E-state index < -0.39 is 0 Å². The molecule has 0 atom stereocenters. The predicted molar refractivity (Wildman–Crippen MR) is 86.3 cm³/mol. The number of rotatable bonds is 3. The third-order valence-electron chi connectivity index (χ3n) is 3.03. The van der Waals surface area contributed by atoms with Gasteiger partial charge in [-0.3, -0.25) is 0 Å². The molecular weight excluding hydrogens is 271 g/mol. The van der Waals surface area contributed by atoms with Crippen molar-refractivity contribution in [2.24, 2.45) is 0 Å². The quantitative estimate of drug-likeness (QED) is 0.629. The lowest BCUT2D eigenvalue weighted by Crippen LogP contribution is -1.90. The maximum Gasteiger partial charge on any atom is 0.131 e. The standard InChI is InChI=1S/C18H16ClF/c1-3-6-13-10-11-18(20)16(12-13)14-8-5-9-17(19)15(14)7-4-2/h3-12H,1-2H3/b6-3+,7-4+. The molecule has 0 aliphatic rings. The Morgan fingerprint density at radius 3 is 2.40 bits per heavy atom. The summed E-state index contributed by atoms with van der Waals surface area (Å²) < 4.78 is 14.2. The van der Waals surface area contributed by atoms with Gasteiger partial charge in [-0.25, -0.2) is 4.39 Å². The largest absolute Gasteiger partial charge is 0.206 e. The van der Waals surface area contributed by atoms with Gasteiger partial charge >= 0.3 is 0 Å². The van der Waals surface area contributed by atoms with Crippen LogP contribution in [0.25, 0.3) is 23.3 Å². The van der Waals surface area contributed by atoms with Gasteiger partial charge in [0.2, 0.25) is 0 Å². The van der Waals surface area contributed by atoms with Crippen LogP contribution in [0.5, 0.6) is 0 Å². The van der Waals surface area contributed by atoms with Crippen LogP contribution in [0.1, 0.15) is 25.0 Å². The molecule has 2 aromatic carbocycles. The minimum atomic E-state index is -0.244. The first kappa shape index (κ1) is 14.5. The van der Waals surface area contributed by atoms with Crippen LogP contribution in [0.3, 0.4) is 0 Å². The molecular formula is C18H16ClF. The fraction of sp³-hybridized carbons (Fsp3) is 0.111. The summed E-state index contributed by atoms with van der Waals surface area (Å²) in [5.41, 5.74) is 3.18. The van der Waals surface area contributed by atoms with E-state index in [1.807, 2.05) is 62.4 Å². The van der Waals surface area contributed by atoms with Gasteiger partial charge in [-0.1, -0.05) is 54.1 Å². The second-order valence-electron chi connectivity index (χ2n) is 4.44. The van der Waals surface area contributed by atoms with Crippen molar-refractivity contribution in [3.63, 3.8) is 0 Å². The lowest BCUT2D eigenvalue weighted by molar-refractivity contribution is 0.631. The summed E-state index contributed by atoms with van der Waals surface area (Å²) in [5.74, 6) is -0.244. The summed E-state index contributed by atoms with van der Waals surface area (Å²) in [6.45, 7) is 3.85. The van der Waals surface area contributed by atoms with E-state index in [2.05, 4.69) is 0 Å². The summed E-state index contributed by atoms with van der Waals surface area (Å²) in [6, 6.07) is 10.6. The second kappa shape index (κ2) is 6.53. The maximum atomic E-state index is 14.2. The molecule has 0 radical (unpaired) electrons. The smallest absolute Gasteiger partial charge is 0.131 e. The number of allylic oxidation sites excluding steroid dienone is 2. The Labute approximate surface area is 124 Å². The number of benzene rings is 2. The van der Waals surface area contributed by atoms with Crippen molar-refractivity contribution in [3.8, 4) is 11.1 Å². The molecule has 0 saturated carbocycles. The molecule has 102 valence electrons. The van der Waals surface area contributed by atoms with Gasteiger partial charge < -0.3 is 0 Å². The SMILES string of the molecule is C/C=C/c1ccc(F)c(-c2cccc(Cl)c2/C=C/C)c1. The van der Waals surface area contributed by atoms with Crippen molar-refractivity contribution < 1.29 is 4.39 Å². The van der Waals surface area contributed by atoms with Gasteiger partial charge in [-0.05, 0) is 43.2 Å². The Morgan fingerprint density at radius 2 is 1.70 bits per heavy atom. The third-order valence-corrected chi connectivity index (χ3v) is 3.36. The highest BCUT2D eigenvalue weighted by molar-refractivity contribution is 6.32. The van der Waals surface area contributed by atoms with Crippen LogP contribution in [0.15, 0.2) is 48.6 Å². The Morgan fingerprint density at radius 1 is 0.950 bits per heavy atom. The zero-order valence-corrected chi connectivity index (χ0v) is 12.3. The highest BCUT2D eigenvalue weighted by Gasteiger charge is 2.11. The molecule has 0 saturated heterocycles. The Hall–Kier alpha value is -1.86. The monoisotopic (exact) mass is 286 g/mol. The van der Waals surface area contributed by atoms with Crippen LogP contribution in [-0.4, -0.2) is 0 Å². The summed E-state index contributed by atoms with van der Waals surface area (Å²) in [6.07, 6.45) is 7.68. The highest BCUT2D eigenvalue weighted by Crippen LogP contribution is 2.32. The zero-order valence-electron chi connectivity index (χ0n) is 11.5.